The summed E-state index contributed by atoms with van der Waals surface area (Å²) in [7, 11) is -2.20. The molecule has 0 heterocycles. The lowest BCUT2D eigenvalue weighted by molar-refractivity contribution is -0.141. The molecule has 8 nitrogen and oxygen atoms in total. The second kappa shape index (κ2) is 14.6. The molecule has 0 aliphatic heterocycles. The Balaban J connectivity index is 1.81. The van der Waals surface area contributed by atoms with Crippen LogP contribution in [0, 0.1) is 0 Å². The third-order valence-corrected chi connectivity index (χ3v) is 9.25. The van der Waals surface area contributed by atoms with Gasteiger partial charge in [0.1, 0.15) is 11.8 Å². The highest BCUT2D eigenvalue weighted by Gasteiger charge is 2.31. The van der Waals surface area contributed by atoms with Gasteiger partial charge in [0.05, 0.1) is 24.1 Å². The van der Waals surface area contributed by atoms with Gasteiger partial charge >= 0.3 is 0 Å². The van der Waals surface area contributed by atoms with E-state index in [1.807, 2.05) is 6.92 Å². The molecule has 1 aliphatic carbocycles. The summed E-state index contributed by atoms with van der Waals surface area (Å²) in [4.78, 5) is 28.5. The van der Waals surface area contributed by atoms with E-state index in [4.69, 9.17) is 39.5 Å². The monoisotopic (exact) mass is 631 g/mol. The number of carbonyl (C=O) groups excluding carboxylic acids is 2. The van der Waals surface area contributed by atoms with E-state index < -0.39 is 16.1 Å². The molecule has 1 saturated carbocycles. The summed E-state index contributed by atoms with van der Waals surface area (Å²) in [6.45, 7) is 1.95. The number of nitrogens with one attached hydrogen (secondary N) is 1. The molecule has 220 valence electrons. The van der Waals surface area contributed by atoms with Crippen molar-refractivity contribution in [3.05, 3.63) is 57.0 Å². The van der Waals surface area contributed by atoms with Crippen LogP contribution >= 0.6 is 34.8 Å². The molecule has 0 bridgehead atoms. The van der Waals surface area contributed by atoms with Crippen LogP contribution in [0.25, 0.3) is 0 Å². The Hall–Kier alpha value is -2.20. The number of nitrogens with zero attached hydrogens (tertiary/aromatic N) is 2. The predicted molar refractivity (Wildman–Crippen MR) is 161 cm³/mol. The maximum atomic E-state index is 13.7. The van der Waals surface area contributed by atoms with E-state index in [0.717, 1.165) is 31.9 Å². The highest BCUT2D eigenvalue weighted by atomic mass is 35.5. The van der Waals surface area contributed by atoms with E-state index >= 15 is 0 Å². The van der Waals surface area contributed by atoms with Crippen molar-refractivity contribution in [1.82, 2.24) is 10.2 Å². The number of methoxy groups -OCH3 is 1. The molecule has 2 aromatic rings. The molecule has 0 aromatic heterocycles. The first-order chi connectivity index (χ1) is 19.0. The average Bonchev–Trinajstić information content (AvgIpc) is 3.40. The minimum atomic E-state index is -3.67. The first-order valence-corrected chi connectivity index (χ1v) is 16.3. The lowest BCUT2D eigenvalue weighted by atomic mass is 10.1. The molecule has 3 rings (SSSR count). The summed E-state index contributed by atoms with van der Waals surface area (Å²) < 4.78 is 31.6. The van der Waals surface area contributed by atoms with Gasteiger partial charge in [-0.15, -0.1) is 0 Å². The largest absolute Gasteiger partial charge is 0.495 e. The van der Waals surface area contributed by atoms with Crippen LogP contribution in [0.1, 0.15) is 57.4 Å². The highest BCUT2D eigenvalue weighted by molar-refractivity contribution is 7.92. The number of amides is 2. The minimum absolute atomic E-state index is 0.00515. The van der Waals surface area contributed by atoms with Gasteiger partial charge in [-0.25, -0.2) is 8.42 Å². The number of carbonyl (C=O) groups is 2. The molecule has 0 unspecified atom stereocenters. The Kier molecular flexibility index (Phi) is 11.8. The number of sulfonamides is 1. The zero-order valence-corrected chi connectivity index (χ0v) is 26.0. The highest BCUT2D eigenvalue weighted by Crippen LogP contribution is 2.31. The molecular weight excluding hydrogens is 597 g/mol. The van der Waals surface area contributed by atoms with Gasteiger partial charge in [-0.05, 0) is 56.0 Å². The Bertz CT molecular complexity index is 1280. The van der Waals surface area contributed by atoms with Gasteiger partial charge in [0.25, 0.3) is 0 Å². The third kappa shape index (κ3) is 8.41. The molecule has 1 aliphatic rings. The Morgan fingerprint density at radius 1 is 1.07 bits per heavy atom. The number of hydrogen-bond donors (Lipinski definition) is 1. The van der Waals surface area contributed by atoms with Gasteiger partial charge in [0, 0.05) is 41.2 Å². The van der Waals surface area contributed by atoms with E-state index in [1.54, 1.807) is 30.3 Å². The zero-order valence-electron chi connectivity index (χ0n) is 23.0. The van der Waals surface area contributed by atoms with Crippen LogP contribution in [0.2, 0.25) is 15.1 Å². The van der Waals surface area contributed by atoms with Crippen molar-refractivity contribution in [1.29, 1.82) is 0 Å². The predicted octanol–water partition coefficient (Wildman–Crippen LogP) is 6.07. The second-order valence-electron chi connectivity index (χ2n) is 9.89. The van der Waals surface area contributed by atoms with Crippen molar-refractivity contribution in [3.63, 3.8) is 0 Å². The first-order valence-electron chi connectivity index (χ1n) is 13.3. The SMILES string of the molecule is CC[C@H](C(=O)NC1CCCC1)N(Cc1c(Cl)cccc1Cl)C(=O)CCCN(c1ccc(OC)c(Cl)c1)S(C)(=O)=O. The number of anilines is 1. The van der Waals surface area contributed by atoms with E-state index in [0.29, 0.717) is 33.5 Å². The summed E-state index contributed by atoms with van der Waals surface area (Å²) in [6.07, 6.45) is 5.68. The van der Waals surface area contributed by atoms with Crippen molar-refractivity contribution in [2.24, 2.45) is 0 Å². The van der Waals surface area contributed by atoms with Crippen molar-refractivity contribution >= 4 is 62.3 Å². The quantitative estimate of drug-likeness (QED) is 0.289. The summed E-state index contributed by atoms with van der Waals surface area (Å²) in [5.41, 5.74) is 0.916. The van der Waals surface area contributed by atoms with Crippen LogP contribution in [0.3, 0.4) is 0 Å². The Labute approximate surface area is 251 Å². The van der Waals surface area contributed by atoms with Crippen LogP contribution < -0.4 is 14.4 Å². The number of halogens is 3. The summed E-state index contributed by atoms with van der Waals surface area (Å²) in [5.74, 6) is -0.0911. The van der Waals surface area contributed by atoms with Gasteiger partial charge in [0.2, 0.25) is 21.8 Å². The Morgan fingerprint density at radius 2 is 1.73 bits per heavy atom. The average molecular weight is 633 g/mol. The van der Waals surface area contributed by atoms with Gasteiger partial charge in [-0.2, -0.15) is 0 Å². The van der Waals surface area contributed by atoms with E-state index in [1.165, 1.54) is 22.4 Å². The summed E-state index contributed by atoms with van der Waals surface area (Å²) in [5, 5.41) is 4.17. The van der Waals surface area contributed by atoms with Crippen molar-refractivity contribution < 1.29 is 22.7 Å². The first kappa shape index (κ1) is 32.3. The topological polar surface area (TPSA) is 96.0 Å². The summed E-state index contributed by atoms with van der Waals surface area (Å²) >= 11 is 19.1. The fraction of sp³-hybridized carbons (Fsp3) is 0.500. The fourth-order valence-corrected chi connectivity index (χ4v) is 6.68. The normalized spacial score (nSPS) is 14.6. The molecule has 1 N–H and O–H groups in total. The molecule has 1 fully saturated rings. The molecule has 0 spiro atoms. The smallest absolute Gasteiger partial charge is 0.243 e. The number of hydrogen-bond acceptors (Lipinski definition) is 5. The van der Waals surface area contributed by atoms with Gasteiger partial charge in [-0.3, -0.25) is 13.9 Å². The standard InChI is InChI=1S/C28H36Cl3N3O5S/c1-4-25(28(36)32-19-9-5-6-10-19)33(18-21-22(29)11-7-12-23(21)30)27(35)13-8-16-34(40(3,37)38)20-14-15-26(39-2)24(31)17-20/h7,11-12,14-15,17,19,25H,4-6,8-10,13,16,18H2,1-3H3,(H,32,36)/t25-/m1/s1. The van der Waals surface area contributed by atoms with Crippen molar-refractivity contribution in [2.45, 2.75) is 70.5 Å². The van der Waals surface area contributed by atoms with Crippen LogP contribution in [0.15, 0.2) is 36.4 Å². The lowest BCUT2D eigenvalue weighted by Crippen LogP contribution is -2.51. The van der Waals surface area contributed by atoms with Gasteiger partial charge in [0.15, 0.2) is 0 Å². The molecule has 2 amide bonds. The zero-order chi connectivity index (χ0) is 29.4. The van der Waals surface area contributed by atoms with E-state index in [-0.39, 0.29) is 48.8 Å². The molecule has 1 atom stereocenters. The van der Waals surface area contributed by atoms with Gasteiger partial charge in [-0.1, -0.05) is 60.6 Å². The summed E-state index contributed by atoms with van der Waals surface area (Å²) in [6, 6.07) is 9.16. The second-order valence-corrected chi connectivity index (χ2v) is 13.0. The van der Waals surface area contributed by atoms with Crippen LogP contribution in [0.4, 0.5) is 5.69 Å². The van der Waals surface area contributed by atoms with Crippen molar-refractivity contribution in [3.8, 4) is 5.75 Å². The maximum absolute atomic E-state index is 13.7. The molecule has 40 heavy (non-hydrogen) atoms. The molecule has 12 heteroatoms. The van der Waals surface area contributed by atoms with Gasteiger partial charge < -0.3 is 15.0 Å². The number of rotatable bonds is 13. The molecular formula is C28H36Cl3N3O5S. The fourth-order valence-electron chi connectivity index (χ4n) is 4.96. The Morgan fingerprint density at radius 3 is 2.27 bits per heavy atom. The van der Waals surface area contributed by atoms with Crippen LogP contribution in [-0.4, -0.2) is 57.1 Å². The maximum Gasteiger partial charge on any atom is 0.243 e. The number of benzene rings is 2. The third-order valence-electron chi connectivity index (χ3n) is 7.05. The van der Waals surface area contributed by atoms with Crippen molar-refractivity contribution in [2.75, 3.05) is 24.2 Å². The minimum Gasteiger partial charge on any atom is -0.495 e. The lowest BCUT2D eigenvalue weighted by Gasteiger charge is -2.32. The van der Waals surface area contributed by atoms with E-state index in [2.05, 4.69) is 5.32 Å². The van der Waals surface area contributed by atoms with Crippen LogP contribution in [-0.2, 0) is 26.2 Å². The van der Waals surface area contributed by atoms with E-state index in [9.17, 15) is 18.0 Å². The molecule has 0 saturated heterocycles. The number of ether oxygens (including phenoxy) is 1. The molecule has 2 aromatic carbocycles. The molecule has 0 radical (unpaired) electrons. The van der Waals surface area contributed by atoms with Crippen LogP contribution in [0.5, 0.6) is 5.75 Å².